The zero-order valence-electron chi connectivity index (χ0n) is 26.6. The van der Waals surface area contributed by atoms with Gasteiger partial charge in [-0.2, -0.15) is 5.10 Å². The predicted octanol–water partition coefficient (Wildman–Crippen LogP) is 5.71. The third-order valence-electron chi connectivity index (χ3n) is 12.2. The highest BCUT2D eigenvalue weighted by Crippen LogP contribution is 2.67. The SMILES string of the molecule is CCNC(=O)[C@@]1(O)CCC2C3CCC4=Cc5c(cnn5-c5cccc(C(=O)CCc6ccccc6)c5)C[C@]4(C)C3C(O)C[C@@]21C. The molecule has 45 heavy (non-hydrogen) atoms. The van der Waals surface area contributed by atoms with Crippen molar-refractivity contribution in [2.45, 2.75) is 83.8 Å². The number of aliphatic hydroxyl groups is 2. The number of likely N-dealkylation sites (N-methyl/N-ethyl adjacent to an activating group) is 1. The Morgan fingerprint density at radius 3 is 2.67 bits per heavy atom. The van der Waals surface area contributed by atoms with Crippen molar-refractivity contribution in [1.29, 1.82) is 0 Å². The van der Waals surface area contributed by atoms with Crippen LogP contribution in [-0.2, 0) is 17.6 Å². The Kier molecular flexibility index (Phi) is 7.40. The maximum absolute atomic E-state index is 13.1. The number of benzene rings is 2. The second kappa shape index (κ2) is 11.1. The van der Waals surface area contributed by atoms with Crippen LogP contribution in [0.2, 0.25) is 0 Å². The lowest BCUT2D eigenvalue weighted by atomic mass is 9.45. The van der Waals surface area contributed by atoms with E-state index in [-0.39, 0.29) is 34.9 Å². The highest BCUT2D eigenvalue weighted by atomic mass is 16.3. The number of allylic oxidation sites excluding steroid dienone is 1. The summed E-state index contributed by atoms with van der Waals surface area (Å²) in [5.41, 5.74) is 3.93. The number of nitrogens with zero attached hydrogens (tertiary/aromatic N) is 2. The summed E-state index contributed by atoms with van der Waals surface area (Å²) >= 11 is 0. The van der Waals surface area contributed by atoms with E-state index in [9.17, 15) is 19.8 Å². The molecule has 3 N–H and O–H groups in total. The fourth-order valence-corrected chi connectivity index (χ4v) is 9.93. The number of aryl methyl sites for hydroxylation is 1. The zero-order valence-corrected chi connectivity index (χ0v) is 26.6. The van der Waals surface area contributed by atoms with Gasteiger partial charge >= 0.3 is 0 Å². The van der Waals surface area contributed by atoms with Crippen LogP contribution in [0.4, 0.5) is 0 Å². The second-order valence-corrected chi connectivity index (χ2v) is 14.5. The number of Topliss-reactive ketones (excluding diaryl/α,β-unsaturated/α-hetero) is 1. The third-order valence-corrected chi connectivity index (χ3v) is 12.2. The lowest BCUT2D eigenvalue weighted by molar-refractivity contribution is -0.180. The van der Waals surface area contributed by atoms with E-state index in [1.807, 2.05) is 67.2 Å². The van der Waals surface area contributed by atoms with E-state index >= 15 is 0 Å². The first-order valence-electron chi connectivity index (χ1n) is 16.7. The van der Waals surface area contributed by atoms with Crippen LogP contribution >= 0.6 is 0 Å². The molecule has 0 bridgehead atoms. The van der Waals surface area contributed by atoms with Gasteiger partial charge in [0.1, 0.15) is 5.60 Å². The van der Waals surface area contributed by atoms with Gasteiger partial charge in [0, 0.05) is 23.9 Å². The molecule has 0 spiro atoms. The Hall–Kier alpha value is -3.55. The van der Waals surface area contributed by atoms with Gasteiger partial charge in [0.2, 0.25) is 0 Å². The highest BCUT2D eigenvalue weighted by Gasteiger charge is 2.68. The molecule has 4 unspecified atom stereocenters. The number of amides is 1. The van der Waals surface area contributed by atoms with Crippen molar-refractivity contribution < 1.29 is 19.8 Å². The van der Waals surface area contributed by atoms with Crippen LogP contribution in [0.25, 0.3) is 11.8 Å². The number of carbonyl (C=O) groups is 2. The lowest BCUT2D eigenvalue weighted by Gasteiger charge is -2.60. The molecule has 3 fully saturated rings. The molecule has 3 saturated carbocycles. The molecule has 7 rings (SSSR count). The van der Waals surface area contributed by atoms with Crippen molar-refractivity contribution in [2.75, 3.05) is 6.54 Å². The summed E-state index contributed by atoms with van der Waals surface area (Å²) in [6.45, 7) is 6.70. The quantitative estimate of drug-likeness (QED) is 0.299. The summed E-state index contributed by atoms with van der Waals surface area (Å²) in [5.74, 6) is 0.298. The van der Waals surface area contributed by atoms with Gasteiger partial charge in [-0.05, 0) is 104 Å². The Morgan fingerprint density at radius 1 is 1.09 bits per heavy atom. The van der Waals surface area contributed by atoms with Gasteiger partial charge in [-0.3, -0.25) is 9.59 Å². The molecule has 1 aromatic heterocycles. The first-order valence-corrected chi connectivity index (χ1v) is 16.7. The van der Waals surface area contributed by atoms with Gasteiger partial charge in [0.15, 0.2) is 5.78 Å². The van der Waals surface area contributed by atoms with Gasteiger partial charge in [-0.1, -0.05) is 61.9 Å². The molecule has 4 aliphatic carbocycles. The molecule has 2 aromatic carbocycles. The van der Waals surface area contributed by atoms with Crippen molar-refractivity contribution in [3.05, 3.63) is 88.8 Å². The molecule has 7 heteroatoms. The van der Waals surface area contributed by atoms with Crippen LogP contribution in [0, 0.1) is 28.6 Å². The molecular formula is C38H45N3O4. The van der Waals surface area contributed by atoms with E-state index < -0.39 is 17.1 Å². The Labute approximate surface area is 265 Å². The van der Waals surface area contributed by atoms with Crippen LogP contribution < -0.4 is 5.32 Å². The van der Waals surface area contributed by atoms with Crippen LogP contribution in [0.15, 0.2) is 66.4 Å². The van der Waals surface area contributed by atoms with E-state index in [0.29, 0.717) is 37.8 Å². The molecule has 7 atom stereocenters. The first-order chi connectivity index (χ1) is 21.6. The number of nitrogens with one attached hydrogen (secondary N) is 1. The minimum absolute atomic E-state index is 0.0502. The number of ketones is 1. The number of rotatable bonds is 7. The molecule has 0 saturated heterocycles. The van der Waals surface area contributed by atoms with Gasteiger partial charge in [0.25, 0.3) is 5.91 Å². The average molecular weight is 608 g/mol. The number of fused-ring (bicyclic) bond motifs is 6. The Bertz CT molecular complexity index is 1660. The van der Waals surface area contributed by atoms with Crippen LogP contribution in [-0.4, -0.2) is 49.9 Å². The summed E-state index contributed by atoms with van der Waals surface area (Å²) in [6, 6.07) is 17.9. The smallest absolute Gasteiger partial charge is 0.252 e. The van der Waals surface area contributed by atoms with E-state index in [1.165, 1.54) is 5.57 Å². The van der Waals surface area contributed by atoms with Crippen LogP contribution in [0.3, 0.4) is 0 Å². The van der Waals surface area contributed by atoms with Crippen molar-refractivity contribution in [3.63, 3.8) is 0 Å². The lowest BCUT2D eigenvalue weighted by Crippen LogP contribution is -2.63. The fourth-order valence-electron chi connectivity index (χ4n) is 9.93. The van der Waals surface area contributed by atoms with Crippen molar-refractivity contribution in [2.24, 2.45) is 28.6 Å². The minimum Gasteiger partial charge on any atom is -0.393 e. The molecule has 236 valence electrons. The molecule has 3 aromatic rings. The largest absolute Gasteiger partial charge is 0.393 e. The number of hydrogen-bond donors (Lipinski definition) is 3. The molecular weight excluding hydrogens is 562 g/mol. The molecule has 7 nitrogen and oxygen atoms in total. The fraction of sp³-hybridized carbons (Fsp3) is 0.500. The summed E-state index contributed by atoms with van der Waals surface area (Å²) in [5, 5.41) is 31.3. The van der Waals surface area contributed by atoms with Gasteiger partial charge in [-0.25, -0.2) is 4.68 Å². The molecule has 1 heterocycles. The first kappa shape index (κ1) is 30.1. The topological polar surface area (TPSA) is 104 Å². The van der Waals surface area contributed by atoms with Crippen LogP contribution in [0.5, 0.6) is 0 Å². The third kappa shape index (κ3) is 4.65. The summed E-state index contributed by atoms with van der Waals surface area (Å²) in [4.78, 5) is 26.2. The van der Waals surface area contributed by atoms with E-state index in [2.05, 4.69) is 30.4 Å². The Balaban J connectivity index is 1.14. The zero-order chi connectivity index (χ0) is 31.6. The standard InChI is InChI=1S/C38H45N3O4/c1-4-39-35(44)38(45)18-17-30-29-15-14-27-20-31-26(21-36(27,2)34(29)33(43)22-37(30,38)3)23-40-41(31)28-12-8-11-25(19-28)32(42)16-13-24-9-6-5-7-10-24/h5-12,19-20,23,29-30,33-34,43,45H,4,13-18,21-22H2,1-3H3,(H,39,44)/t29?,30?,33?,34?,36-,37-,38-/m0/s1. The molecule has 0 aliphatic heterocycles. The normalized spacial score (nSPS) is 33.3. The summed E-state index contributed by atoms with van der Waals surface area (Å²) in [7, 11) is 0. The number of carbonyl (C=O) groups excluding carboxylic acids is 2. The monoisotopic (exact) mass is 607 g/mol. The van der Waals surface area contributed by atoms with Crippen molar-refractivity contribution >= 4 is 17.8 Å². The van der Waals surface area contributed by atoms with Crippen molar-refractivity contribution in [1.82, 2.24) is 15.1 Å². The van der Waals surface area contributed by atoms with E-state index in [0.717, 1.165) is 48.2 Å². The maximum Gasteiger partial charge on any atom is 0.252 e. The molecule has 1 amide bonds. The highest BCUT2D eigenvalue weighted by molar-refractivity contribution is 5.96. The minimum atomic E-state index is -1.45. The molecule has 4 aliphatic rings. The number of aliphatic hydroxyl groups excluding tert-OH is 1. The van der Waals surface area contributed by atoms with E-state index in [1.54, 1.807) is 0 Å². The Morgan fingerprint density at radius 2 is 1.89 bits per heavy atom. The van der Waals surface area contributed by atoms with Crippen molar-refractivity contribution in [3.8, 4) is 5.69 Å². The number of hydrogen-bond acceptors (Lipinski definition) is 5. The van der Waals surface area contributed by atoms with Gasteiger partial charge in [0.05, 0.1) is 23.7 Å². The second-order valence-electron chi connectivity index (χ2n) is 14.5. The summed E-state index contributed by atoms with van der Waals surface area (Å²) in [6.07, 6.45) is 9.09. The average Bonchev–Trinajstić information content (AvgIpc) is 3.56. The maximum atomic E-state index is 13.1. The van der Waals surface area contributed by atoms with E-state index in [4.69, 9.17) is 5.10 Å². The number of aromatic nitrogens is 2. The van der Waals surface area contributed by atoms with Gasteiger partial charge in [-0.15, -0.1) is 0 Å². The molecule has 0 radical (unpaired) electrons. The van der Waals surface area contributed by atoms with Gasteiger partial charge < -0.3 is 15.5 Å². The predicted molar refractivity (Wildman–Crippen MR) is 174 cm³/mol. The summed E-state index contributed by atoms with van der Waals surface area (Å²) < 4.78 is 1.96. The van der Waals surface area contributed by atoms with Crippen LogP contribution in [0.1, 0.15) is 86.5 Å².